The summed E-state index contributed by atoms with van der Waals surface area (Å²) in [4.78, 5) is 17.6. The second kappa shape index (κ2) is 10.2. The number of nitrogens with two attached hydrogens (primary N) is 1. The van der Waals surface area contributed by atoms with Crippen molar-refractivity contribution >= 4 is 5.97 Å². The summed E-state index contributed by atoms with van der Waals surface area (Å²) in [6, 6.07) is 0.832. The first-order valence-electron chi connectivity index (χ1n) is 12.1. The summed E-state index contributed by atoms with van der Waals surface area (Å²) in [7, 11) is 3.33. The zero-order chi connectivity index (χ0) is 21.1. The highest BCUT2D eigenvalue weighted by atomic mass is 19.1. The topological polar surface area (TPSA) is 58.6 Å². The molecule has 3 unspecified atom stereocenters. The molecule has 30 heavy (non-hydrogen) atoms. The van der Waals surface area contributed by atoms with Crippen molar-refractivity contribution in [3.8, 4) is 0 Å². The Morgan fingerprint density at radius 2 is 1.60 bits per heavy atom. The van der Waals surface area contributed by atoms with Gasteiger partial charge in [-0.05, 0) is 63.2 Å². The highest BCUT2D eigenvalue weighted by Crippen LogP contribution is 2.32. The SMILES string of the molecule is COC(=O)C1CC2[NH2+]CN(CC3CCC(OC)CC3)C2CN1CC1CCC(F)CC1. The number of rotatable bonds is 6. The monoisotopic (exact) mass is 426 g/mol. The number of halogens is 1. The van der Waals surface area contributed by atoms with Crippen molar-refractivity contribution in [1.82, 2.24) is 9.80 Å². The Bertz CT molecular complexity index is 564. The first kappa shape index (κ1) is 22.4. The number of piperidine rings is 1. The number of esters is 1. The van der Waals surface area contributed by atoms with E-state index in [2.05, 4.69) is 15.1 Å². The number of likely N-dealkylation sites (tertiary alicyclic amines) is 1. The Morgan fingerprint density at radius 3 is 2.23 bits per heavy atom. The first-order chi connectivity index (χ1) is 14.6. The Labute approximate surface area is 180 Å². The van der Waals surface area contributed by atoms with Crippen molar-refractivity contribution in [1.29, 1.82) is 0 Å². The molecule has 2 aliphatic carbocycles. The molecule has 0 aromatic carbocycles. The molecule has 172 valence electrons. The molecule has 2 saturated carbocycles. The highest BCUT2D eigenvalue weighted by molar-refractivity contribution is 5.75. The van der Waals surface area contributed by atoms with E-state index >= 15 is 0 Å². The van der Waals surface area contributed by atoms with Crippen LogP contribution in [0, 0.1) is 11.8 Å². The van der Waals surface area contributed by atoms with Gasteiger partial charge in [-0.1, -0.05) is 0 Å². The minimum atomic E-state index is -0.628. The summed E-state index contributed by atoms with van der Waals surface area (Å²) >= 11 is 0. The number of nitrogens with zero attached hydrogens (tertiary/aromatic N) is 2. The average molecular weight is 427 g/mol. The van der Waals surface area contributed by atoms with E-state index in [-0.39, 0.29) is 12.0 Å². The third-order valence-corrected chi connectivity index (χ3v) is 8.33. The number of carbonyl (C=O) groups excluding carboxylic acids is 1. The van der Waals surface area contributed by atoms with Gasteiger partial charge in [0.25, 0.3) is 0 Å². The van der Waals surface area contributed by atoms with Crippen LogP contribution in [0.25, 0.3) is 0 Å². The molecule has 0 bridgehead atoms. The smallest absolute Gasteiger partial charge is 0.323 e. The largest absolute Gasteiger partial charge is 0.468 e. The van der Waals surface area contributed by atoms with Crippen molar-refractivity contribution in [3.63, 3.8) is 0 Å². The molecule has 4 fully saturated rings. The molecule has 0 spiro atoms. The molecule has 2 N–H and O–H groups in total. The molecule has 3 atom stereocenters. The van der Waals surface area contributed by atoms with E-state index in [9.17, 15) is 9.18 Å². The van der Waals surface area contributed by atoms with Crippen LogP contribution >= 0.6 is 0 Å². The molecule has 2 saturated heterocycles. The molecular weight excluding hydrogens is 385 g/mol. The number of alkyl halides is 1. The zero-order valence-corrected chi connectivity index (χ0v) is 18.8. The number of carbonyl (C=O) groups is 1. The van der Waals surface area contributed by atoms with Gasteiger partial charge in [-0.25, -0.2) is 9.29 Å². The van der Waals surface area contributed by atoms with E-state index in [1.807, 2.05) is 7.11 Å². The molecule has 0 aromatic rings. The van der Waals surface area contributed by atoms with Gasteiger partial charge in [0.05, 0.1) is 19.3 Å². The molecule has 4 aliphatic rings. The maximum atomic E-state index is 13.6. The van der Waals surface area contributed by atoms with Crippen molar-refractivity contribution in [2.75, 3.05) is 40.5 Å². The fraction of sp³-hybridized carbons (Fsp3) is 0.957. The Kier molecular flexibility index (Phi) is 7.66. The molecule has 4 rings (SSSR count). The van der Waals surface area contributed by atoms with Gasteiger partial charge in [0.15, 0.2) is 0 Å². The fourth-order valence-electron chi connectivity index (χ4n) is 6.42. The second-order valence-electron chi connectivity index (χ2n) is 10.1. The average Bonchev–Trinajstić information content (AvgIpc) is 3.16. The second-order valence-corrected chi connectivity index (χ2v) is 10.1. The predicted octanol–water partition coefficient (Wildman–Crippen LogP) is 1.54. The van der Waals surface area contributed by atoms with Crippen LogP contribution in [0.15, 0.2) is 0 Å². The Balaban J connectivity index is 1.37. The summed E-state index contributed by atoms with van der Waals surface area (Å²) in [6.45, 7) is 4.04. The molecule has 0 aromatic heterocycles. The van der Waals surface area contributed by atoms with Gasteiger partial charge in [0.1, 0.15) is 24.9 Å². The maximum absolute atomic E-state index is 13.6. The van der Waals surface area contributed by atoms with Gasteiger partial charge in [-0.3, -0.25) is 9.69 Å². The van der Waals surface area contributed by atoms with Crippen molar-refractivity contribution in [3.05, 3.63) is 0 Å². The molecule has 0 amide bonds. The number of hydrogen-bond acceptors (Lipinski definition) is 5. The normalized spacial score (nSPS) is 40.8. The molecule has 6 nitrogen and oxygen atoms in total. The fourth-order valence-corrected chi connectivity index (χ4v) is 6.42. The summed E-state index contributed by atoms with van der Waals surface area (Å²) in [6.07, 6.45) is 8.80. The van der Waals surface area contributed by atoms with E-state index < -0.39 is 6.17 Å². The molecule has 7 heteroatoms. The molecule has 2 heterocycles. The van der Waals surface area contributed by atoms with E-state index in [0.29, 0.717) is 36.9 Å². The number of quaternary nitrogens is 1. The lowest BCUT2D eigenvalue weighted by Gasteiger charge is -2.42. The number of hydrogen-bond donors (Lipinski definition) is 1. The van der Waals surface area contributed by atoms with Crippen LogP contribution in [-0.4, -0.2) is 86.7 Å². The van der Waals surface area contributed by atoms with Crippen molar-refractivity contribution in [2.45, 2.75) is 88.2 Å². The highest BCUT2D eigenvalue weighted by Gasteiger charge is 2.48. The third-order valence-electron chi connectivity index (χ3n) is 8.33. The van der Waals surface area contributed by atoms with Crippen LogP contribution in [0.3, 0.4) is 0 Å². The quantitative estimate of drug-likeness (QED) is 0.653. The maximum Gasteiger partial charge on any atom is 0.323 e. The Hall–Kier alpha value is -0.760. The summed E-state index contributed by atoms with van der Waals surface area (Å²) in [5, 5.41) is 2.44. The lowest BCUT2D eigenvalue weighted by molar-refractivity contribution is -0.678. The summed E-state index contributed by atoms with van der Waals surface area (Å²) in [5.74, 6) is 1.16. The predicted molar refractivity (Wildman–Crippen MR) is 113 cm³/mol. The standard InChI is InChI=1S/C23H40FN3O3/c1-29-19-9-5-17(6-10-19)13-27-15-25-20-11-21(23(28)30-2)26(14-22(20)27)12-16-3-7-18(24)8-4-16/h16-22,25H,3-15H2,1-2H3/p+1. The Morgan fingerprint density at radius 1 is 0.967 bits per heavy atom. The van der Waals surface area contributed by atoms with Gasteiger partial charge in [-0.15, -0.1) is 0 Å². The van der Waals surface area contributed by atoms with Gasteiger partial charge in [0, 0.05) is 33.2 Å². The number of methoxy groups -OCH3 is 2. The molecular formula is C23H41FN3O3+. The number of fused-ring (bicyclic) bond motifs is 1. The van der Waals surface area contributed by atoms with Crippen LogP contribution < -0.4 is 5.32 Å². The molecule has 0 radical (unpaired) electrons. The minimum Gasteiger partial charge on any atom is -0.468 e. The van der Waals surface area contributed by atoms with E-state index in [1.165, 1.54) is 32.8 Å². The van der Waals surface area contributed by atoms with Crippen LogP contribution in [-0.2, 0) is 14.3 Å². The van der Waals surface area contributed by atoms with Crippen LogP contribution in [0.4, 0.5) is 4.39 Å². The lowest BCUT2D eigenvalue weighted by Crippen LogP contribution is -2.89. The van der Waals surface area contributed by atoms with Crippen molar-refractivity contribution < 1.29 is 24.0 Å². The van der Waals surface area contributed by atoms with Crippen LogP contribution in [0.5, 0.6) is 0 Å². The van der Waals surface area contributed by atoms with Gasteiger partial charge >= 0.3 is 5.97 Å². The van der Waals surface area contributed by atoms with E-state index in [4.69, 9.17) is 9.47 Å². The van der Waals surface area contributed by atoms with Crippen molar-refractivity contribution in [2.24, 2.45) is 11.8 Å². The van der Waals surface area contributed by atoms with Gasteiger partial charge < -0.3 is 14.8 Å². The lowest BCUT2D eigenvalue weighted by atomic mass is 9.85. The van der Waals surface area contributed by atoms with E-state index in [0.717, 1.165) is 51.5 Å². The third kappa shape index (κ3) is 5.17. The summed E-state index contributed by atoms with van der Waals surface area (Å²) < 4.78 is 24.3. The van der Waals surface area contributed by atoms with Gasteiger partial charge in [0.2, 0.25) is 0 Å². The zero-order valence-electron chi connectivity index (χ0n) is 18.8. The van der Waals surface area contributed by atoms with Crippen LogP contribution in [0.2, 0.25) is 0 Å². The minimum absolute atomic E-state index is 0.0997. The molecule has 2 aliphatic heterocycles. The van der Waals surface area contributed by atoms with Crippen LogP contribution in [0.1, 0.15) is 57.8 Å². The summed E-state index contributed by atoms with van der Waals surface area (Å²) in [5.41, 5.74) is 0. The van der Waals surface area contributed by atoms with Gasteiger partial charge in [-0.2, -0.15) is 0 Å². The number of ether oxygens (including phenoxy) is 2. The first-order valence-corrected chi connectivity index (χ1v) is 12.1. The van der Waals surface area contributed by atoms with E-state index in [1.54, 1.807) is 0 Å².